The Kier molecular flexibility index (Phi) is 6.55. The topological polar surface area (TPSA) is 68.8 Å². The van der Waals surface area contributed by atoms with Gasteiger partial charge in [0.15, 0.2) is 0 Å². The highest BCUT2D eigenvalue weighted by Crippen LogP contribution is 2.39. The summed E-state index contributed by atoms with van der Waals surface area (Å²) in [6, 6.07) is 7.92. The molecule has 1 N–H and O–H groups in total. The molecule has 10 heteroatoms. The molecule has 4 heterocycles. The molecule has 2 amide bonds. The third kappa shape index (κ3) is 4.72. The summed E-state index contributed by atoms with van der Waals surface area (Å²) in [4.78, 5) is 35.0. The van der Waals surface area contributed by atoms with Gasteiger partial charge in [-0.1, -0.05) is 41.4 Å². The van der Waals surface area contributed by atoms with Gasteiger partial charge in [0, 0.05) is 51.9 Å². The molecule has 174 valence electrons. The van der Waals surface area contributed by atoms with Gasteiger partial charge in [-0.15, -0.1) is 0 Å². The second-order valence-electron chi connectivity index (χ2n) is 8.77. The Balaban J connectivity index is 1.21. The average molecular weight is 506 g/mol. The fourth-order valence-corrected chi connectivity index (χ4v) is 5.90. The van der Waals surface area contributed by atoms with E-state index in [1.165, 1.54) is 11.1 Å². The molecule has 1 aromatic heterocycles. The summed E-state index contributed by atoms with van der Waals surface area (Å²) < 4.78 is 0. The summed E-state index contributed by atoms with van der Waals surface area (Å²) in [6.45, 7) is 5.05. The number of carbonyl (C=O) groups is 2. The number of nitrogens with one attached hydrogen (secondary N) is 1. The molecule has 7 nitrogen and oxygen atoms in total. The summed E-state index contributed by atoms with van der Waals surface area (Å²) in [5.74, 6) is 0.373. The number of benzene rings is 1. The number of fused-ring (bicyclic) bond motifs is 1. The van der Waals surface area contributed by atoms with Gasteiger partial charge >= 0.3 is 0 Å². The van der Waals surface area contributed by atoms with Gasteiger partial charge in [0.25, 0.3) is 0 Å². The van der Waals surface area contributed by atoms with Crippen molar-refractivity contribution in [1.82, 2.24) is 20.1 Å². The van der Waals surface area contributed by atoms with E-state index in [9.17, 15) is 9.59 Å². The molecule has 33 heavy (non-hydrogen) atoms. The van der Waals surface area contributed by atoms with Gasteiger partial charge in [0.2, 0.25) is 11.8 Å². The summed E-state index contributed by atoms with van der Waals surface area (Å²) in [6.07, 6.45) is 2.55. The average Bonchev–Trinajstić information content (AvgIpc) is 3.10. The Morgan fingerprint density at radius 2 is 1.91 bits per heavy atom. The van der Waals surface area contributed by atoms with Crippen LogP contribution in [0.2, 0.25) is 10.0 Å². The van der Waals surface area contributed by atoms with Crippen LogP contribution in [-0.2, 0) is 22.7 Å². The van der Waals surface area contributed by atoms with Gasteiger partial charge in [-0.25, -0.2) is 4.98 Å². The minimum absolute atomic E-state index is 0.141. The standard InChI is InChI=1S/C23H25Cl2N5O2S/c24-16-10-18(25)21(26-11-16)29-7-5-28(6-8-29)12-14-1-2-17-15(9-14)13-30(23(17)33)19-3-4-20(31)27-22(19)32/h1-2,9-11,19,23,33H,3-8,12-13H2,(H,27,31,32). The molecule has 0 bridgehead atoms. The van der Waals surface area contributed by atoms with Crippen LogP contribution in [0.15, 0.2) is 30.5 Å². The van der Waals surface area contributed by atoms with Crippen molar-refractivity contribution in [3.63, 3.8) is 0 Å². The molecular weight excluding hydrogens is 481 g/mol. The highest BCUT2D eigenvalue weighted by atomic mass is 35.5. The van der Waals surface area contributed by atoms with E-state index >= 15 is 0 Å². The molecular formula is C23H25Cl2N5O2S. The van der Waals surface area contributed by atoms with Gasteiger partial charge in [-0.3, -0.25) is 24.7 Å². The van der Waals surface area contributed by atoms with Crippen molar-refractivity contribution in [3.05, 3.63) is 57.2 Å². The monoisotopic (exact) mass is 505 g/mol. The third-order valence-corrected chi connectivity index (χ3v) is 7.69. The first kappa shape index (κ1) is 22.9. The first-order chi connectivity index (χ1) is 15.9. The molecule has 2 aromatic rings. The van der Waals surface area contributed by atoms with Gasteiger partial charge in [0.1, 0.15) is 5.82 Å². The number of aromatic nitrogens is 1. The molecule has 0 spiro atoms. The van der Waals surface area contributed by atoms with Gasteiger partial charge in [0.05, 0.1) is 21.5 Å². The van der Waals surface area contributed by atoms with Crippen molar-refractivity contribution in [2.24, 2.45) is 0 Å². The second kappa shape index (κ2) is 9.43. The van der Waals surface area contributed by atoms with Gasteiger partial charge in [-0.05, 0) is 29.2 Å². The van der Waals surface area contributed by atoms with E-state index in [0.717, 1.165) is 44.1 Å². The lowest BCUT2D eigenvalue weighted by molar-refractivity contribution is -0.137. The van der Waals surface area contributed by atoms with Crippen molar-refractivity contribution in [3.8, 4) is 0 Å². The maximum absolute atomic E-state index is 12.3. The zero-order valence-corrected chi connectivity index (χ0v) is 20.4. The second-order valence-corrected chi connectivity index (χ2v) is 10.1. The molecule has 0 radical (unpaired) electrons. The molecule has 2 saturated heterocycles. The molecule has 0 aliphatic carbocycles. The van der Waals surface area contributed by atoms with Gasteiger partial charge < -0.3 is 4.90 Å². The molecule has 3 aliphatic rings. The highest BCUT2D eigenvalue weighted by Gasteiger charge is 2.39. The van der Waals surface area contributed by atoms with Crippen molar-refractivity contribution in [1.29, 1.82) is 0 Å². The Morgan fingerprint density at radius 1 is 1.12 bits per heavy atom. The Morgan fingerprint density at radius 3 is 2.64 bits per heavy atom. The van der Waals surface area contributed by atoms with E-state index in [0.29, 0.717) is 29.4 Å². The fraction of sp³-hybridized carbons (Fsp3) is 0.435. The minimum atomic E-state index is -0.317. The first-order valence-corrected chi connectivity index (χ1v) is 12.3. The lowest BCUT2D eigenvalue weighted by Gasteiger charge is -2.35. The third-order valence-electron chi connectivity index (χ3n) is 6.63. The summed E-state index contributed by atoms with van der Waals surface area (Å²) >= 11 is 17.1. The predicted octanol–water partition coefficient (Wildman–Crippen LogP) is 3.26. The van der Waals surface area contributed by atoms with Crippen molar-refractivity contribution in [2.75, 3.05) is 31.1 Å². The first-order valence-electron chi connectivity index (χ1n) is 11.1. The smallest absolute Gasteiger partial charge is 0.243 e. The molecule has 2 unspecified atom stereocenters. The summed E-state index contributed by atoms with van der Waals surface area (Å²) in [7, 11) is 0. The number of hydrogen-bond acceptors (Lipinski definition) is 7. The largest absolute Gasteiger partial charge is 0.353 e. The molecule has 2 atom stereocenters. The highest BCUT2D eigenvalue weighted by molar-refractivity contribution is 7.80. The molecule has 5 rings (SSSR count). The normalized spacial score (nSPS) is 24.2. The zero-order chi connectivity index (χ0) is 23.1. The number of piperazine rings is 1. The number of pyridine rings is 1. The summed E-state index contributed by atoms with van der Waals surface area (Å²) in [5, 5.41) is 3.44. The van der Waals surface area contributed by atoms with E-state index in [-0.39, 0.29) is 23.2 Å². The number of anilines is 1. The number of rotatable bonds is 4. The SMILES string of the molecule is O=C1CCC(N2Cc3cc(CN4CCN(c5ncc(Cl)cc5Cl)CC4)ccc3C2S)C(=O)N1. The quantitative estimate of drug-likeness (QED) is 0.490. The number of halogens is 2. The van der Waals surface area contributed by atoms with E-state index in [1.54, 1.807) is 12.3 Å². The fourth-order valence-electron chi connectivity index (χ4n) is 4.90. The summed E-state index contributed by atoms with van der Waals surface area (Å²) in [5.41, 5.74) is 3.59. The number of nitrogens with zero attached hydrogens (tertiary/aromatic N) is 4. The van der Waals surface area contributed by atoms with Crippen LogP contribution in [0, 0.1) is 0 Å². The zero-order valence-electron chi connectivity index (χ0n) is 18.0. The Bertz CT molecular complexity index is 1090. The van der Waals surface area contributed by atoms with Crippen molar-refractivity contribution < 1.29 is 9.59 Å². The van der Waals surface area contributed by atoms with Gasteiger partial charge in [-0.2, -0.15) is 12.6 Å². The minimum Gasteiger partial charge on any atom is -0.353 e. The van der Waals surface area contributed by atoms with Crippen LogP contribution in [0.5, 0.6) is 0 Å². The van der Waals surface area contributed by atoms with E-state index in [2.05, 4.69) is 43.2 Å². The number of amides is 2. The lowest BCUT2D eigenvalue weighted by Crippen LogP contribution is -2.51. The van der Waals surface area contributed by atoms with Crippen LogP contribution in [0.25, 0.3) is 0 Å². The van der Waals surface area contributed by atoms with Crippen molar-refractivity contribution >= 4 is 53.5 Å². The maximum atomic E-state index is 12.3. The number of imide groups is 1. The number of carbonyl (C=O) groups excluding carboxylic acids is 2. The molecule has 2 fully saturated rings. The molecule has 0 saturated carbocycles. The van der Waals surface area contributed by atoms with E-state index in [1.807, 2.05) is 0 Å². The van der Waals surface area contributed by atoms with Crippen LogP contribution in [0.1, 0.15) is 34.9 Å². The Hall–Kier alpha value is -1.84. The van der Waals surface area contributed by atoms with Crippen LogP contribution in [0.3, 0.4) is 0 Å². The van der Waals surface area contributed by atoms with Crippen molar-refractivity contribution in [2.45, 2.75) is 37.3 Å². The molecule has 3 aliphatic heterocycles. The molecule has 1 aromatic carbocycles. The number of hydrogen-bond donors (Lipinski definition) is 2. The number of piperidine rings is 1. The van der Waals surface area contributed by atoms with Crippen LogP contribution in [-0.4, -0.2) is 58.8 Å². The predicted molar refractivity (Wildman–Crippen MR) is 132 cm³/mol. The number of thiol groups is 1. The van der Waals surface area contributed by atoms with Crippen LogP contribution < -0.4 is 10.2 Å². The van der Waals surface area contributed by atoms with E-state index in [4.69, 9.17) is 35.8 Å². The Labute approximate surface area is 208 Å². The lowest BCUT2D eigenvalue weighted by atomic mass is 10.0. The maximum Gasteiger partial charge on any atom is 0.243 e. The van der Waals surface area contributed by atoms with Crippen LogP contribution in [0.4, 0.5) is 5.82 Å². The van der Waals surface area contributed by atoms with Crippen LogP contribution >= 0.6 is 35.8 Å². The van der Waals surface area contributed by atoms with E-state index < -0.39 is 0 Å².